The van der Waals surface area contributed by atoms with E-state index in [2.05, 4.69) is 74.4 Å². The third-order valence-electron chi connectivity index (χ3n) is 2.86. The predicted octanol–water partition coefficient (Wildman–Crippen LogP) is 6.11. The third-order valence-corrected chi connectivity index (χ3v) is 5.02. The summed E-state index contributed by atoms with van der Waals surface area (Å²) in [4.78, 5) is 12.4. The van der Waals surface area contributed by atoms with E-state index in [9.17, 15) is 4.79 Å². The normalized spacial score (nSPS) is 12.6. The van der Waals surface area contributed by atoms with E-state index < -0.39 is 8.31 Å². The molecule has 2 N–H and O–H groups in total. The van der Waals surface area contributed by atoms with E-state index in [1.165, 1.54) is 0 Å². The van der Waals surface area contributed by atoms with Crippen molar-refractivity contribution < 1.29 is 4.79 Å². The zero-order chi connectivity index (χ0) is 17.0. The molecule has 0 fully saturated rings. The minimum atomic E-state index is -0.725. The Kier molecular flexibility index (Phi) is 6.98. The van der Waals surface area contributed by atoms with Crippen LogP contribution in [0.25, 0.3) is 0 Å². The van der Waals surface area contributed by atoms with Crippen molar-refractivity contribution in [2.75, 3.05) is 5.32 Å². The Morgan fingerprint density at radius 3 is 2.09 bits per heavy atom. The molecule has 2 aromatic rings. The van der Waals surface area contributed by atoms with Crippen LogP contribution in [0.5, 0.6) is 0 Å². The molecule has 1 amide bonds. The molecule has 0 aliphatic rings. The van der Waals surface area contributed by atoms with Crippen molar-refractivity contribution in [1.29, 1.82) is 0 Å². The minimum absolute atomic E-state index is 0.202. The SMILES string of the molecule is O=C(NC(Nc1ccc(Cl)cc1)C(Br)(Br)Br)c1ccc(Br)cc1. The summed E-state index contributed by atoms with van der Waals surface area (Å²) in [5.41, 5.74) is 1.38. The fraction of sp³-hybridized carbons (Fsp3) is 0.133. The molecule has 0 saturated carbocycles. The average molecular weight is 590 g/mol. The van der Waals surface area contributed by atoms with Crippen LogP contribution in [0.2, 0.25) is 5.02 Å². The highest BCUT2D eigenvalue weighted by atomic mass is 80.0. The molecule has 2 rings (SSSR count). The van der Waals surface area contributed by atoms with Crippen molar-refractivity contribution in [3.8, 4) is 0 Å². The first-order valence-electron chi connectivity index (χ1n) is 6.41. The second-order valence-corrected chi connectivity index (χ2v) is 12.9. The van der Waals surface area contributed by atoms with Crippen LogP contribution >= 0.6 is 75.3 Å². The molecule has 0 radical (unpaired) electrons. The molecular formula is C15H11Br4ClN2O. The maximum absolute atomic E-state index is 12.4. The highest BCUT2D eigenvalue weighted by Crippen LogP contribution is 2.37. The van der Waals surface area contributed by atoms with Gasteiger partial charge in [0.1, 0.15) is 6.17 Å². The van der Waals surface area contributed by atoms with Gasteiger partial charge in [-0.15, -0.1) is 0 Å². The van der Waals surface area contributed by atoms with Crippen LogP contribution in [0.3, 0.4) is 0 Å². The molecule has 0 saturated heterocycles. The largest absolute Gasteiger partial charge is 0.363 e. The van der Waals surface area contributed by atoms with Crippen LogP contribution in [0, 0.1) is 0 Å². The number of carbonyl (C=O) groups excluding carboxylic acids is 1. The Morgan fingerprint density at radius 1 is 1.00 bits per heavy atom. The fourth-order valence-electron chi connectivity index (χ4n) is 1.73. The van der Waals surface area contributed by atoms with Crippen LogP contribution < -0.4 is 10.6 Å². The Morgan fingerprint density at radius 2 is 1.57 bits per heavy atom. The molecule has 0 heterocycles. The molecule has 0 aliphatic heterocycles. The van der Waals surface area contributed by atoms with E-state index in [0.29, 0.717) is 10.6 Å². The number of amides is 1. The molecule has 2 aromatic carbocycles. The number of hydrogen-bond donors (Lipinski definition) is 2. The van der Waals surface area contributed by atoms with Gasteiger partial charge in [-0.3, -0.25) is 4.79 Å². The first-order chi connectivity index (χ1) is 10.8. The number of hydrogen-bond acceptors (Lipinski definition) is 2. The molecule has 0 aliphatic carbocycles. The minimum Gasteiger partial charge on any atom is -0.363 e. The van der Waals surface area contributed by atoms with Gasteiger partial charge in [0.25, 0.3) is 5.91 Å². The maximum Gasteiger partial charge on any atom is 0.252 e. The second-order valence-electron chi connectivity index (χ2n) is 4.61. The number of anilines is 1. The second kappa shape index (κ2) is 8.34. The smallest absolute Gasteiger partial charge is 0.252 e. The number of benzene rings is 2. The first kappa shape index (κ1) is 19.2. The lowest BCUT2D eigenvalue weighted by molar-refractivity contribution is 0.0943. The van der Waals surface area contributed by atoms with Gasteiger partial charge in [0.15, 0.2) is 2.14 Å². The molecule has 0 aromatic heterocycles. The molecular weight excluding hydrogens is 579 g/mol. The zero-order valence-corrected chi connectivity index (χ0v) is 18.6. The summed E-state index contributed by atoms with van der Waals surface area (Å²) < 4.78 is 0.193. The standard InChI is InChI=1S/C15H11Br4ClN2O/c16-10-3-1-9(2-4-10)13(23)22-14(15(17,18)19)21-12-7-5-11(20)6-8-12/h1-8,14,21H,(H,22,23). The summed E-state index contributed by atoms with van der Waals surface area (Å²) >= 11 is 19.6. The summed E-state index contributed by atoms with van der Waals surface area (Å²) in [6.07, 6.45) is -0.472. The van der Waals surface area contributed by atoms with Crippen LogP contribution in [0.4, 0.5) is 5.69 Å². The molecule has 122 valence electrons. The molecule has 1 unspecified atom stereocenters. The molecule has 1 atom stereocenters. The van der Waals surface area contributed by atoms with Gasteiger partial charge in [0, 0.05) is 20.7 Å². The van der Waals surface area contributed by atoms with E-state index in [0.717, 1.165) is 10.2 Å². The zero-order valence-electron chi connectivity index (χ0n) is 11.5. The lowest BCUT2D eigenvalue weighted by atomic mass is 10.2. The van der Waals surface area contributed by atoms with Gasteiger partial charge >= 0.3 is 0 Å². The van der Waals surface area contributed by atoms with Gasteiger partial charge in [0.05, 0.1) is 0 Å². The number of rotatable bonds is 4. The molecule has 0 bridgehead atoms. The van der Waals surface area contributed by atoms with Crippen LogP contribution in [-0.2, 0) is 0 Å². The third kappa shape index (κ3) is 6.05. The van der Waals surface area contributed by atoms with E-state index in [-0.39, 0.29) is 5.91 Å². The van der Waals surface area contributed by atoms with Crippen LogP contribution in [0.1, 0.15) is 10.4 Å². The number of nitrogens with one attached hydrogen (secondary N) is 2. The Labute approximate surface area is 173 Å². The summed E-state index contributed by atoms with van der Waals surface area (Å²) in [6.45, 7) is 0. The van der Waals surface area contributed by atoms with E-state index in [1.807, 2.05) is 24.3 Å². The van der Waals surface area contributed by atoms with Gasteiger partial charge in [-0.25, -0.2) is 0 Å². The quantitative estimate of drug-likeness (QED) is 0.334. The van der Waals surface area contributed by atoms with Crippen LogP contribution in [0.15, 0.2) is 53.0 Å². The Balaban J connectivity index is 2.14. The molecule has 0 spiro atoms. The molecule has 8 heteroatoms. The highest BCUT2D eigenvalue weighted by molar-refractivity contribution is 9.39. The van der Waals surface area contributed by atoms with Gasteiger partial charge in [0.2, 0.25) is 0 Å². The number of alkyl halides is 3. The Bertz CT molecular complexity index is 671. The van der Waals surface area contributed by atoms with Crippen molar-refractivity contribution in [3.05, 3.63) is 63.6 Å². The lowest BCUT2D eigenvalue weighted by Crippen LogP contribution is -2.48. The Hall–Kier alpha value is -0.0800. The number of carbonyl (C=O) groups is 1. The summed E-state index contributed by atoms with van der Waals surface area (Å²) in [5.74, 6) is -0.202. The molecule has 3 nitrogen and oxygen atoms in total. The van der Waals surface area contributed by atoms with Gasteiger partial charge in [-0.05, 0) is 48.5 Å². The van der Waals surface area contributed by atoms with Crippen molar-refractivity contribution in [2.24, 2.45) is 0 Å². The summed E-state index contributed by atoms with van der Waals surface area (Å²) in [6, 6.07) is 14.3. The maximum atomic E-state index is 12.4. The van der Waals surface area contributed by atoms with Crippen molar-refractivity contribution in [2.45, 2.75) is 8.31 Å². The first-order valence-corrected chi connectivity index (χ1v) is 9.96. The van der Waals surface area contributed by atoms with Crippen molar-refractivity contribution in [1.82, 2.24) is 5.32 Å². The van der Waals surface area contributed by atoms with Gasteiger partial charge < -0.3 is 10.6 Å². The average Bonchev–Trinajstić information content (AvgIpc) is 2.48. The number of halogens is 5. The predicted molar refractivity (Wildman–Crippen MR) is 110 cm³/mol. The molecule has 23 heavy (non-hydrogen) atoms. The van der Waals surface area contributed by atoms with Crippen LogP contribution in [-0.4, -0.2) is 14.2 Å². The lowest BCUT2D eigenvalue weighted by Gasteiger charge is -2.28. The highest BCUT2D eigenvalue weighted by Gasteiger charge is 2.32. The summed E-state index contributed by atoms with van der Waals surface area (Å²) in [7, 11) is 0. The van der Waals surface area contributed by atoms with E-state index in [4.69, 9.17) is 11.6 Å². The fourth-order valence-corrected chi connectivity index (χ4v) is 2.81. The monoisotopic (exact) mass is 586 g/mol. The van der Waals surface area contributed by atoms with Crippen molar-refractivity contribution in [3.63, 3.8) is 0 Å². The summed E-state index contributed by atoms with van der Waals surface area (Å²) in [5, 5.41) is 6.78. The topological polar surface area (TPSA) is 41.1 Å². The van der Waals surface area contributed by atoms with Crippen molar-refractivity contribution >= 4 is 86.9 Å². The van der Waals surface area contributed by atoms with Gasteiger partial charge in [-0.1, -0.05) is 75.3 Å². The van der Waals surface area contributed by atoms with E-state index in [1.54, 1.807) is 24.3 Å². The van der Waals surface area contributed by atoms with E-state index >= 15 is 0 Å². The van der Waals surface area contributed by atoms with Gasteiger partial charge in [-0.2, -0.15) is 0 Å².